The topological polar surface area (TPSA) is 20.3 Å². The second kappa shape index (κ2) is 5.54. The lowest BCUT2D eigenvalue weighted by Gasteiger charge is -2.30. The van der Waals surface area contributed by atoms with E-state index in [9.17, 15) is 4.79 Å². The standard InChI is InChI=1S/C14H18ClNO/c1-2-3-4-8-16-9-7-14(17)12-6-5-11(15)10-13(12)16/h5-6,10H,2-4,7-9H2,1H3. The van der Waals surface area contributed by atoms with Gasteiger partial charge in [-0.25, -0.2) is 0 Å². The fourth-order valence-electron chi connectivity index (χ4n) is 2.28. The van der Waals surface area contributed by atoms with Crippen LogP contribution in [0.3, 0.4) is 0 Å². The molecule has 0 aromatic heterocycles. The van der Waals surface area contributed by atoms with Gasteiger partial charge >= 0.3 is 0 Å². The molecular formula is C14H18ClNO. The number of Topliss-reactive ketones (excluding diaryl/α,β-unsaturated/α-hetero) is 1. The number of nitrogens with zero attached hydrogens (tertiary/aromatic N) is 1. The number of ketones is 1. The Morgan fingerprint density at radius 1 is 1.35 bits per heavy atom. The molecule has 0 N–H and O–H groups in total. The molecule has 2 rings (SSSR count). The minimum Gasteiger partial charge on any atom is -0.370 e. The molecule has 0 saturated heterocycles. The van der Waals surface area contributed by atoms with Crippen LogP contribution in [0.2, 0.25) is 5.02 Å². The Labute approximate surface area is 108 Å². The van der Waals surface area contributed by atoms with Crippen LogP contribution in [0.4, 0.5) is 5.69 Å². The van der Waals surface area contributed by atoms with Gasteiger partial charge in [-0.05, 0) is 24.6 Å². The van der Waals surface area contributed by atoms with Gasteiger partial charge in [-0.3, -0.25) is 4.79 Å². The lowest BCUT2D eigenvalue weighted by Crippen LogP contribution is -2.32. The third-order valence-electron chi connectivity index (χ3n) is 3.24. The third kappa shape index (κ3) is 2.81. The summed E-state index contributed by atoms with van der Waals surface area (Å²) in [5.74, 6) is 0.239. The number of hydrogen-bond donors (Lipinski definition) is 0. The van der Waals surface area contributed by atoms with Gasteiger partial charge in [0.25, 0.3) is 0 Å². The van der Waals surface area contributed by atoms with Crippen LogP contribution < -0.4 is 4.90 Å². The molecule has 3 heteroatoms. The first-order valence-corrected chi connectivity index (χ1v) is 6.68. The van der Waals surface area contributed by atoms with Crippen molar-refractivity contribution in [1.82, 2.24) is 0 Å². The van der Waals surface area contributed by atoms with Gasteiger partial charge in [0, 0.05) is 35.8 Å². The molecule has 1 aliphatic rings. The van der Waals surface area contributed by atoms with Crippen molar-refractivity contribution in [2.45, 2.75) is 32.6 Å². The molecule has 1 heterocycles. The largest absolute Gasteiger partial charge is 0.370 e. The maximum absolute atomic E-state index is 11.8. The van der Waals surface area contributed by atoms with Crippen LogP contribution in [0.5, 0.6) is 0 Å². The molecule has 1 aliphatic heterocycles. The summed E-state index contributed by atoms with van der Waals surface area (Å²) in [7, 11) is 0. The normalized spacial score (nSPS) is 14.9. The Bertz CT molecular complexity index is 417. The second-order valence-corrected chi connectivity index (χ2v) is 4.97. The van der Waals surface area contributed by atoms with E-state index >= 15 is 0 Å². The predicted molar refractivity (Wildman–Crippen MR) is 72.1 cm³/mol. The summed E-state index contributed by atoms with van der Waals surface area (Å²) < 4.78 is 0. The fourth-order valence-corrected chi connectivity index (χ4v) is 2.45. The molecule has 0 bridgehead atoms. The lowest BCUT2D eigenvalue weighted by atomic mass is 10.00. The fraction of sp³-hybridized carbons (Fsp3) is 0.500. The van der Waals surface area contributed by atoms with E-state index in [1.165, 1.54) is 19.3 Å². The molecule has 0 aliphatic carbocycles. The first-order valence-electron chi connectivity index (χ1n) is 6.30. The molecule has 17 heavy (non-hydrogen) atoms. The molecule has 0 spiro atoms. The maximum Gasteiger partial charge on any atom is 0.166 e. The summed E-state index contributed by atoms with van der Waals surface area (Å²) in [6.45, 7) is 4.05. The molecule has 0 unspecified atom stereocenters. The van der Waals surface area contributed by atoms with E-state index < -0.39 is 0 Å². The monoisotopic (exact) mass is 251 g/mol. The zero-order valence-corrected chi connectivity index (χ0v) is 11.0. The predicted octanol–water partition coefficient (Wildman–Crippen LogP) is 3.92. The Hall–Kier alpha value is -1.02. The van der Waals surface area contributed by atoms with Gasteiger partial charge in [0.05, 0.1) is 0 Å². The van der Waals surface area contributed by atoms with Crippen molar-refractivity contribution in [1.29, 1.82) is 0 Å². The summed E-state index contributed by atoms with van der Waals surface area (Å²) in [4.78, 5) is 14.1. The molecule has 1 aromatic carbocycles. The number of fused-ring (bicyclic) bond motifs is 1. The van der Waals surface area contributed by atoms with Crippen molar-refractivity contribution in [2.75, 3.05) is 18.0 Å². The van der Waals surface area contributed by atoms with E-state index in [2.05, 4.69) is 11.8 Å². The molecule has 0 amide bonds. The number of carbonyl (C=O) groups excluding carboxylic acids is 1. The number of halogens is 1. The molecule has 0 fully saturated rings. The highest BCUT2D eigenvalue weighted by molar-refractivity contribution is 6.31. The highest BCUT2D eigenvalue weighted by Crippen LogP contribution is 2.30. The Kier molecular flexibility index (Phi) is 4.06. The Balaban J connectivity index is 2.19. The van der Waals surface area contributed by atoms with E-state index in [1.54, 1.807) is 6.07 Å². The minimum absolute atomic E-state index is 0.239. The van der Waals surface area contributed by atoms with Gasteiger partial charge in [0.1, 0.15) is 0 Å². The summed E-state index contributed by atoms with van der Waals surface area (Å²) in [5, 5.41) is 0.707. The highest BCUT2D eigenvalue weighted by atomic mass is 35.5. The zero-order valence-electron chi connectivity index (χ0n) is 10.2. The van der Waals surface area contributed by atoms with Crippen LogP contribution in [-0.2, 0) is 0 Å². The van der Waals surface area contributed by atoms with Gasteiger partial charge in [0.2, 0.25) is 0 Å². The van der Waals surface area contributed by atoms with Gasteiger partial charge in [-0.15, -0.1) is 0 Å². The summed E-state index contributed by atoms with van der Waals surface area (Å²) >= 11 is 6.01. The smallest absolute Gasteiger partial charge is 0.166 e. The van der Waals surface area contributed by atoms with Crippen molar-refractivity contribution in [3.05, 3.63) is 28.8 Å². The number of hydrogen-bond acceptors (Lipinski definition) is 2. The van der Waals surface area contributed by atoms with Gasteiger partial charge in [0.15, 0.2) is 5.78 Å². The Morgan fingerprint density at radius 3 is 2.94 bits per heavy atom. The molecule has 1 aromatic rings. The van der Waals surface area contributed by atoms with Crippen LogP contribution in [0.25, 0.3) is 0 Å². The quantitative estimate of drug-likeness (QED) is 0.756. The highest BCUT2D eigenvalue weighted by Gasteiger charge is 2.22. The summed E-state index contributed by atoms with van der Waals surface area (Å²) in [6.07, 6.45) is 4.26. The molecule has 0 radical (unpaired) electrons. The van der Waals surface area contributed by atoms with E-state index in [-0.39, 0.29) is 5.78 Å². The van der Waals surface area contributed by atoms with Gasteiger partial charge < -0.3 is 4.90 Å². The molecule has 92 valence electrons. The van der Waals surface area contributed by atoms with Crippen LogP contribution in [0.1, 0.15) is 43.0 Å². The van der Waals surface area contributed by atoms with Crippen molar-refractivity contribution >= 4 is 23.1 Å². The van der Waals surface area contributed by atoms with Crippen LogP contribution in [-0.4, -0.2) is 18.9 Å². The second-order valence-electron chi connectivity index (χ2n) is 4.53. The molecular weight excluding hydrogens is 234 g/mol. The number of carbonyl (C=O) groups is 1. The maximum atomic E-state index is 11.8. The lowest BCUT2D eigenvalue weighted by molar-refractivity contribution is 0.0980. The third-order valence-corrected chi connectivity index (χ3v) is 3.48. The molecule has 0 saturated carbocycles. The summed E-state index contributed by atoms with van der Waals surface area (Å²) in [5.41, 5.74) is 1.85. The van der Waals surface area contributed by atoms with Crippen molar-refractivity contribution in [2.24, 2.45) is 0 Å². The van der Waals surface area contributed by atoms with Gasteiger partial charge in [-0.2, -0.15) is 0 Å². The van der Waals surface area contributed by atoms with Crippen LogP contribution in [0, 0.1) is 0 Å². The van der Waals surface area contributed by atoms with Crippen molar-refractivity contribution in [3.63, 3.8) is 0 Å². The first-order chi connectivity index (χ1) is 8.22. The average molecular weight is 252 g/mol. The number of unbranched alkanes of at least 4 members (excludes halogenated alkanes) is 2. The van der Waals surface area contributed by atoms with Crippen LogP contribution >= 0.6 is 11.6 Å². The first kappa shape index (κ1) is 12.4. The molecule has 2 nitrogen and oxygen atoms in total. The van der Waals surface area contributed by atoms with E-state index in [0.717, 1.165) is 24.3 Å². The average Bonchev–Trinajstić information content (AvgIpc) is 2.32. The molecule has 0 atom stereocenters. The van der Waals surface area contributed by atoms with Crippen molar-refractivity contribution in [3.8, 4) is 0 Å². The van der Waals surface area contributed by atoms with E-state index in [4.69, 9.17) is 11.6 Å². The number of benzene rings is 1. The van der Waals surface area contributed by atoms with Gasteiger partial charge in [-0.1, -0.05) is 31.4 Å². The number of anilines is 1. The summed E-state index contributed by atoms with van der Waals surface area (Å²) in [6, 6.07) is 5.57. The number of rotatable bonds is 4. The minimum atomic E-state index is 0.239. The SMILES string of the molecule is CCCCCN1CCC(=O)c2ccc(Cl)cc21. The van der Waals surface area contributed by atoms with Crippen molar-refractivity contribution < 1.29 is 4.79 Å². The zero-order chi connectivity index (χ0) is 12.3. The van der Waals surface area contributed by atoms with E-state index in [0.29, 0.717) is 11.4 Å². The van der Waals surface area contributed by atoms with Crippen LogP contribution in [0.15, 0.2) is 18.2 Å². The van der Waals surface area contributed by atoms with E-state index in [1.807, 2.05) is 12.1 Å². The Morgan fingerprint density at radius 2 is 2.18 bits per heavy atom.